The molecule has 0 aliphatic carbocycles. The van der Waals surface area contributed by atoms with Gasteiger partial charge >= 0.3 is 0 Å². The van der Waals surface area contributed by atoms with Crippen LogP contribution in [-0.4, -0.2) is 37.5 Å². The summed E-state index contributed by atoms with van der Waals surface area (Å²) < 4.78 is 0. The zero-order chi connectivity index (χ0) is 26.6. The summed E-state index contributed by atoms with van der Waals surface area (Å²) >= 11 is 0. The topological polar surface area (TPSA) is 74.8 Å². The molecular weight excluding hydrogens is 464 g/mol. The standard InChI is InChI=1S/C31H30N2O4/c1-31(2,3)19-16-14-18(15-17-19)24(25-27(34)20-10-6-8-12-22(20)32(4)29(25)36)26-28(35)21-11-7-9-13-23(21)33(5)30(26)37/h6-17,24-26H,1-5H3/t25-,26-/m0/s1. The van der Waals surface area contributed by atoms with Crippen LogP contribution in [0, 0.1) is 11.8 Å². The van der Waals surface area contributed by atoms with Gasteiger partial charge in [-0.1, -0.05) is 69.3 Å². The normalized spacial score (nSPS) is 19.8. The number of ketones is 2. The number of hydrogen-bond acceptors (Lipinski definition) is 4. The highest BCUT2D eigenvalue weighted by molar-refractivity contribution is 6.25. The third-order valence-corrected chi connectivity index (χ3v) is 7.70. The van der Waals surface area contributed by atoms with Gasteiger partial charge in [-0.05, 0) is 40.8 Å². The van der Waals surface area contributed by atoms with E-state index in [1.807, 2.05) is 24.3 Å². The molecule has 188 valence electrons. The average molecular weight is 495 g/mol. The zero-order valence-corrected chi connectivity index (χ0v) is 21.7. The molecule has 0 unspecified atom stereocenters. The van der Waals surface area contributed by atoms with Crippen LogP contribution in [0.1, 0.15) is 58.5 Å². The molecule has 0 bridgehead atoms. The molecule has 2 heterocycles. The molecule has 0 saturated heterocycles. The van der Waals surface area contributed by atoms with E-state index in [0.717, 1.165) is 5.56 Å². The van der Waals surface area contributed by atoms with Crippen molar-refractivity contribution >= 4 is 34.8 Å². The van der Waals surface area contributed by atoms with E-state index < -0.39 is 29.6 Å². The van der Waals surface area contributed by atoms with Gasteiger partial charge in [-0.2, -0.15) is 0 Å². The van der Waals surface area contributed by atoms with Crippen LogP contribution in [-0.2, 0) is 15.0 Å². The number of Topliss-reactive ketones (excluding diaryl/α,β-unsaturated/α-hetero) is 2. The number of carbonyl (C=O) groups is 4. The van der Waals surface area contributed by atoms with Crippen molar-refractivity contribution in [1.29, 1.82) is 0 Å². The number of hydrogen-bond donors (Lipinski definition) is 0. The van der Waals surface area contributed by atoms with Crippen molar-refractivity contribution < 1.29 is 19.2 Å². The van der Waals surface area contributed by atoms with E-state index >= 15 is 0 Å². The minimum Gasteiger partial charge on any atom is -0.314 e. The van der Waals surface area contributed by atoms with Crippen molar-refractivity contribution in [3.8, 4) is 0 Å². The molecule has 0 N–H and O–H groups in total. The van der Waals surface area contributed by atoms with Crippen LogP contribution in [0.5, 0.6) is 0 Å². The first-order valence-corrected chi connectivity index (χ1v) is 12.4. The highest BCUT2D eigenvalue weighted by Gasteiger charge is 2.52. The van der Waals surface area contributed by atoms with Gasteiger partial charge in [0.1, 0.15) is 11.8 Å². The van der Waals surface area contributed by atoms with Gasteiger partial charge in [0.05, 0.1) is 11.4 Å². The molecule has 2 amide bonds. The monoisotopic (exact) mass is 494 g/mol. The van der Waals surface area contributed by atoms with Gasteiger partial charge < -0.3 is 9.80 Å². The third kappa shape index (κ3) is 3.88. The predicted molar refractivity (Wildman–Crippen MR) is 143 cm³/mol. The van der Waals surface area contributed by atoms with Gasteiger partial charge in [0, 0.05) is 31.1 Å². The molecule has 0 radical (unpaired) electrons. The molecule has 6 heteroatoms. The highest BCUT2D eigenvalue weighted by Crippen LogP contribution is 2.45. The lowest BCUT2D eigenvalue weighted by Gasteiger charge is -2.40. The summed E-state index contributed by atoms with van der Waals surface area (Å²) in [4.78, 5) is 58.3. The predicted octanol–water partition coefficient (Wildman–Crippen LogP) is 5.02. The smallest absolute Gasteiger partial charge is 0.238 e. The fraction of sp³-hybridized carbons (Fsp3) is 0.290. The van der Waals surface area contributed by atoms with E-state index in [2.05, 4.69) is 20.8 Å². The molecule has 0 saturated carbocycles. The Hall–Kier alpha value is -4.06. The van der Waals surface area contributed by atoms with Crippen LogP contribution < -0.4 is 9.80 Å². The molecule has 37 heavy (non-hydrogen) atoms. The van der Waals surface area contributed by atoms with Gasteiger partial charge in [0.25, 0.3) is 0 Å². The summed E-state index contributed by atoms with van der Waals surface area (Å²) in [5, 5.41) is 0. The van der Waals surface area contributed by atoms with Crippen LogP contribution in [0.25, 0.3) is 0 Å². The quantitative estimate of drug-likeness (QED) is 0.479. The van der Waals surface area contributed by atoms with Crippen molar-refractivity contribution in [2.45, 2.75) is 32.1 Å². The third-order valence-electron chi connectivity index (χ3n) is 7.70. The molecule has 3 aromatic rings. The van der Waals surface area contributed by atoms with Gasteiger partial charge in [-0.25, -0.2) is 0 Å². The van der Waals surface area contributed by atoms with Crippen molar-refractivity contribution in [3.63, 3.8) is 0 Å². The van der Waals surface area contributed by atoms with E-state index in [9.17, 15) is 19.2 Å². The Morgan fingerprint density at radius 3 is 1.43 bits per heavy atom. The van der Waals surface area contributed by atoms with Crippen molar-refractivity contribution in [3.05, 3.63) is 95.1 Å². The van der Waals surface area contributed by atoms with Crippen LogP contribution in [0.15, 0.2) is 72.8 Å². The van der Waals surface area contributed by atoms with Gasteiger partial charge in [-0.15, -0.1) is 0 Å². The summed E-state index contributed by atoms with van der Waals surface area (Å²) in [7, 11) is 3.26. The average Bonchev–Trinajstić information content (AvgIpc) is 2.89. The number of para-hydroxylation sites is 2. The lowest BCUT2D eigenvalue weighted by atomic mass is 9.68. The van der Waals surface area contributed by atoms with E-state index in [1.165, 1.54) is 9.80 Å². The van der Waals surface area contributed by atoms with Crippen LogP contribution in [0.4, 0.5) is 11.4 Å². The number of benzene rings is 3. The number of fused-ring (bicyclic) bond motifs is 2. The molecule has 3 aromatic carbocycles. The Balaban J connectivity index is 1.71. The maximum absolute atomic E-state index is 13.9. The number of carbonyl (C=O) groups excluding carboxylic acids is 4. The number of anilines is 2. The fourth-order valence-corrected chi connectivity index (χ4v) is 5.58. The first kappa shape index (κ1) is 24.6. The molecule has 5 rings (SSSR count). The second kappa shape index (κ2) is 8.80. The molecular formula is C31H30N2O4. The largest absolute Gasteiger partial charge is 0.314 e. The maximum Gasteiger partial charge on any atom is 0.238 e. The number of nitrogens with zero attached hydrogens (tertiary/aromatic N) is 2. The van der Waals surface area contributed by atoms with Crippen LogP contribution >= 0.6 is 0 Å². The van der Waals surface area contributed by atoms with E-state index in [4.69, 9.17) is 0 Å². The van der Waals surface area contributed by atoms with Crippen molar-refractivity contribution in [1.82, 2.24) is 0 Å². The molecule has 0 spiro atoms. The minimum atomic E-state index is -1.21. The number of amides is 2. The first-order valence-electron chi connectivity index (χ1n) is 12.4. The van der Waals surface area contributed by atoms with Crippen LogP contribution in [0.3, 0.4) is 0 Å². The zero-order valence-electron chi connectivity index (χ0n) is 21.7. The minimum absolute atomic E-state index is 0.112. The Bertz CT molecular complexity index is 1350. The van der Waals surface area contributed by atoms with E-state index in [0.29, 0.717) is 28.1 Å². The Labute approximate surface area is 216 Å². The molecule has 0 aromatic heterocycles. The maximum atomic E-state index is 13.9. The molecule has 0 fully saturated rings. The van der Waals surface area contributed by atoms with Crippen molar-refractivity contribution in [2.24, 2.45) is 11.8 Å². The van der Waals surface area contributed by atoms with Crippen molar-refractivity contribution in [2.75, 3.05) is 23.9 Å². The summed E-state index contributed by atoms with van der Waals surface area (Å²) in [5.41, 5.74) is 3.46. The first-order chi connectivity index (χ1) is 17.5. The van der Waals surface area contributed by atoms with Gasteiger partial charge in [0.15, 0.2) is 11.6 Å². The molecule has 2 aliphatic heterocycles. The molecule has 2 atom stereocenters. The summed E-state index contributed by atoms with van der Waals surface area (Å²) in [6.07, 6.45) is 0. The number of rotatable bonds is 3. The molecule has 2 aliphatic rings. The second-order valence-electron chi connectivity index (χ2n) is 10.9. The fourth-order valence-electron chi connectivity index (χ4n) is 5.58. The van der Waals surface area contributed by atoms with Gasteiger partial charge in [0.2, 0.25) is 11.8 Å². The molecule has 6 nitrogen and oxygen atoms in total. The lowest BCUT2D eigenvalue weighted by molar-refractivity contribution is -0.124. The summed E-state index contributed by atoms with van der Waals surface area (Å²) in [5.74, 6) is -4.96. The van der Waals surface area contributed by atoms with Gasteiger partial charge in [-0.3, -0.25) is 19.2 Å². The summed E-state index contributed by atoms with van der Waals surface area (Å²) in [6.45, 7) is 6.29. The summed E-state index contributed by atoms with van der Waals surface area (Å²) in [6, 6.07) is 21.5. The lowest BCUT2D eigenvalue weighted by Crippen LogP contribution is -2.52. The van der Waals surface area contributed by atoms with Crippen LogP contribution in [0.2, 0.25) is 0 Å². The Morgan fingerprint density at radius 1 is 0.622 bits per heavy atom. The van der Waals surface area contributed by atoms with E-state index in [1.54, 1.807) is 62.6 Å². The van der Waals surface area contributed by atoms with E-state index in [-0.39, 0.29) is 17.0 Å². The SMILES string of the molecule is CN1C(=O)[C@@H](C(c2ccc(C(C)(C)C)cc2)[C@H]2C(=O)c3ccccc3N(C)C2=O)C(=O)c2ccccc21. The Morgan fingerprint density at radius 2 is 1.03 bits per heavy atom. The Kier molecular flexibility index (Phi) is 5.86. The second-order valence-corrected chi connectivity index (χ2v) is 10.9. The highest BCUT2D eigenvalue weighted by atomic mass is 16.2.